The monoisotopic (exact) mass is 501 g/mol. The maximum Gasteiger partial charge on any atom is 0.332 e. The third kappa shape index (κ3) is 5.27. The Kier molecular flexibility index (Phi) is 8.02. The van der Waals surface area contributed by atoms with Crippen molar-refractivity contribution >= 4 is 17.3 Å². The number of halogens is 2. The highest BCUT2D eigenvalue weighted by Crippen LogP contribution is 2.26. The van der Waals surface area contributed by atoms with E-state index in [9.17, 15) is 23.2 Å². The zero-order valence-electron chi connectivity index (χ0n) is 20.1. The van der Waals surface area contributed by atoms with Crippen LogP contribution in [0.2, 0.25) is 0 Å². The summed E-state index contributed by atoms with van der Waals surface area (Å²) in [5, 5.41) is 0.215. The molecule has 0 N–H and O–H groups in total. The van der Waals surface area contributed by atoms with E-state index >= 15 is 0 Å². The van der Waals surface area contributed by atoms with Gasteiger partial charge in [0.2, 0.25) is 6.41 Å². The number of carbonyl (C=O) groups is 1. The molecule has 0 saturated carbocycles. The Bertz CT molecular complexity index is 1310. The molecule has 36 heavy (non-hydrogen) atoms. The third-order valence-corrected chi connectivity index (χ3v) is 6.38. The summed E-state index contributed by atoms with van der Waals surface area (Å²) in [6, 6.07) is 11.4. The Hall–Kier alpha value is -3.69. The largest absolute Gasteiger partial charge is 0.494 e. The highest BCUT2D eigenvalue weighted by molar-refractivity contribution is 5.80. The number of fused-ring (bicyclic) bond motifs is 1. The number of amides is 1. The number of piperidine rings is 1. The lowest BCUT2D eigenvalue weighted by Crippen LogP contribution is -2.44. The highest BCUT2D eigenvalue weighted by Gasteiger charge is 2.25. The van der Waals surface area contributed by atoms with Gasteiger partial charge < -0.3 is 14.4 Å². The number of carbonyl (C=O) groups excluding carboxylic acids is 1. The van der Waals surface area contributed by atoms with E-state index in [1.165, 1.54) is 12.1 Å². The van der Waals surface area contributed by atoms with Gasteiger partial charge in [-0.2, -0.15) is 0 Å². The van der Waals surface area contributed by atoms with Gasteiger partial charge >= 0.3 is 5.69 Å². The second-order valence-electron chi connectivity index (χ2n) is 8.72. The molecule has 0 aliphatic carbocycles. The number of nitrogens with zero attached hydrogens (tertiary/aromatic N) is 3. The predicted octanol–water partition coefficient (Wildman–Crippen LogP) is 3.09. The van der Waals surface area contributed by atoms with Gasteiger partial charge in [0.1, 0.15) is 24.8 Å². The lowest BCUT2D eigenvalue weighted by Gasteiger charge is -2.31. The van der Waals surface area contributed by atoms with Crippen molar-refractivity contribution in [3.05, 3.63) is 68.9 Å². The zero-order chi connectivity index (χ0) is 25.7. The number of aromatic nitrogens is 2. The van der Waals surface area contributed by atoms with Crippen molar-refractivity contribution in [2.24, 2.45) is 0 Å². The minimum atomic E-state index is -1.27. The summed E-state index contributed by atoms with van der Waals surface area (Å²) in [6.07, 6.45) is 0.629. The smallest absolute Gasteiger partial charge is 0.332 e. The van der Waals surface area contributed by atoms with Gasteiger partial charge in [-0.1, -0.05) is 12.1 Å². The van der Waals surface area contributed by atoms with Gasteiger partial charge in [-0.05, 0) is 55.7 Å². The first-order valence-corrected chi connectivity index (χ1v) is 12.0. The molecule has 0 bridgehead atoms. The number of hydrogen-bond acceptors (Lipinski definition) is 5. The zero-order valence-corrected chi connectivity index (χ0v) is 20.1. The summed E-state index contributed by atoms with van der Waals surface area (Å²) in [6.45, 7) is 1.41. The van der Waals surface area contributed by atoms with E-state index < -0.39 is 30.7 Å². The summed E-state index contributed by atoms with van der Waals surface area (Å²) in [7, 11) is 0. The van der Waals surface area contributed by atoms with Gasteiger partial charge in [0.05, 0.1) is 24.1 Å². The molecule has 1 aliphatic rings. The molecule has 3 aromatic rings. The van der Waals surface area contributed by atoms with E-state index in [-0.39, 0.29) is 23.7 Å². The molecule has 1 aliphatic heterocycles. The highest BCUT2D eigenvalue weighted by atomic mass is 19.1. The Balaban J connectivity index is 1.81. The molecule has 4 rings (SSSR count). The predicted molar refractivity (Wildman–Crippen MR) is 131 cm³/mol. The maximum atomic E-state index is 13.7. The van der Waals surface area contributed by atoms with Gasteiger partial charge in [0.15, 0.2) is 6.10 Å². The molecule has 0 atom stereocenters. The van der Waals surface area contributed by atoms with Crippen LogP contribution in [0.4, 0.5) is 8.78 Å². The van der Waals surface area contributed by atoms with Gasteiger partial charge in [0, 0.05) is 19.1 Å². The summed E-state index contributed by atoms with van der Waals surface area (Å²) < 4.78 is 39.6. The standard InChI is InChI=1S/C26H29F2N3O5/c1-2-35-20-5-3-18(4-6-20)16-30-25(33)23-13-21(36-22(14-27)15-28)7-8-24(23)31(26(30)34)19-9-11-29(17-32)12-10-19/h3-8,13,17,19,22H,2,9-12,14-16H2,1H3. The fraction of sp³-hybridized carbons (Fsp3) is 0.423. The van der Waals surface area contributed by atoms with Crippen LogP contribution in [-0.4, -0.2) is 59.6 Å². The summed E-state index contributed by atoms with van der Waals surface area (Å²) in [5.41, 5.74) is 0.182. The lowest BCUT2D eigenvalue weighted by molar-refractivity contribution is -0.119. The molecule has 0 spiro atoms. The van der Waals surface area contributed by atoms with Crippen molar-refractivity contribution in [3.8, 4) is 11.5 Å². The average molecular weight is 502 g/mol. The van der Waals surface area contributed by atoms with Gasteiger partial charge in [-0.3, -0.25) is 18.7 Å². The minimum absolute atomic E-state index is 0.0376. The maximum absolute atomic E-state index is 13.7. The Morgan fingerprint density at radius 3 is 2.31 bits per heavy atom. The SMILES string of the molecule is CCOc1ccc(Cn2c(=O)c3cc(OC(CF)CF)ccc3n(C3CCN(C=O)CC3)c2=O)cc1. The minimum Gasteiger partial charge on any atom is -0.494 e. The molecule has 2 heterocycles. The Morgan fingerprint density at radius 1 is 1.03 bits per heavy atom. The third-order valence-electron chi connectivity index (χ3n) is 6.38. The molecule has 1 fully saturated rings. The molecule has 10 heteroatoms. The van der Waals surface area contributed by atoms with Crippen LogP contribution in [0.25, 0.3) is 10.9 Å². The molecule has 0 unspecified atom stereocenters. The van der Waals surface area contributed by atoms with E-state index in [0.29, 0.717) is 43.8 Å². The van der Waals surface area contributed by atoms with Gasteiger partial charge in [-0.25, -0.2) is 13.6 Å². The summed E-state index contributed by atoms with van der Waals surface area (Å²) in [5.74, 6) is 0.831. The number of likely N-dealkylation sites (tertiary alicyclic amines) is 1. The lowest BCUT2D eigenvalue weighted by atomic mass is 10.0. The molecule has 8 nitrogen and oxygen atoms in total. The van der Waals surface area contributed by atoms with Crippen LogP contribution in [-0.2, 0) is 11.3 Å². The van der Waals surface area contributed by atoms with Gasteiger partial charge in [0.25, 0.3) is 5.56 Å². The fourth-order valence-corrected chi connectivity index (χ4v) is 4.51. The van der Waals surface area contributed by atoms with Crippen LogP contribution < -0.4 is 20.7 Å². The van der Waals surface area contributed by atoms with Crippen molar-refractivity contribution in [2.75, 3.05) is 33.0 Å². The second-order valence-corrected chi connectivity index (χ2v) is 8.72. The van der Waals surface area contributed by atoms with Crippen LogP contribution in [0.3, 0.4) is 0 Å². The van der Waals surface area contributed by atoms with Crippen molar-refractivity contribution in [3.63, 3.8) is 0 Å². The Labute approximate surface area is 206 Å². The topological polar surface area (TPSA) is 82.8 Å². The van der Waals surface area contributed by atoms with E-state index in [0.717, 1.165) is 16.5 Å². The van der Waals surface area contributed by atoms with Crippen LogP contribution >= 0.6 is 0 Å². The normalized spacial score (nSPS) is 14.4. The molecular weight excluding hydrogens is 472 g/mol. The quantitative estimate of drug-likeness (QED) is 0.399. The number of rotatable bonds is 10. The van der Waals surface area contributed by atoms with Crippen LogP contribution in [0.5, 0.6) is 11.5 Å². The van der Waals surface area contributed by atoms with Crippen molar-refractivity contribution in [1.82, 2.24) is 14.0 Å². The van der Waals surface area contributed by atoms with Crippen molar-refractivity contribution in [1.29, 1.82) is 0 Å². The first kappa shape index (κ1) is 25.4. The average Bonchev–Trinajstić information content (AvgIpc) is 2.91. The van der Waals surface area contributed by atoms with Crippen LogP contribution in [0.1, 0.15) is 31.4 Å². The molecule has 1 aromatic heterocycles. The van der Waals surface area contributed by atoms with Crippen LogP contribution in [0, 0.1) is 0 Å². The van der Waals surface area contributed by atoms with E-state index in [1.54, 1.807) is 39.8 Å². The second kappa shape index (κ2) is 11.4. The molecule has 192 valence electrons. The van der Waals surface area contributed by atoms with E-state index in [2.05, 4.69) is 0 Å². The van der Waals surface area contributed by atoms with E-state index in [4.69, 9.17) is 9.47 Å². The fourth-order valence-electron chi connectivity index (χ4n) is 4.51. The van der Waals surface area contributed by atoms with Crippen molar-refractivity contribution < 1.29 is 23.0 Å². The Morgan fingerprint density at radius 2 is 1.69 bits per heavy atom. The number of benzene rings is 2. The summed E-state index contributed by atoms with van der Waals surface area (Å²) in [4.78, 5) is 40.0. The molecule has 0 radical (unpaired) electrons. The first-order valence-electron chi connectivity index (χ1n) is 12.0. The number of ether oxygens (including phenoxy) is 2. The molecule has 1 amide bonds. The molecule has 1 saturated heterocycles. The number of hydrogen-bond donors (Lipinski definition) is 0. The number of alkyl halides is 2. The molecular formula is C26H29F2N3O5. The summed E-state index contributed by atoms with van der Waals surface area (Å²) >= 11 is 0. The van der Waals surface area contributed by atoms with Crippen molar-refractivity contribution in [2.45, 2.75) is 38.5 Å². The van der Waals surface area contributed by atoms with E-state index in [1.807, 2.05) is 6.92 Å². The van der Waals surface area contributed by atoms with Gasteiger partial charge in [-0.15, -0.1) is 0 Å². The molecule has 2 aromatic carbocycles. The first-order chi connectivity index (χ1) is 17.5. The van der Waals surface area contributed by atoms with Crippen LogP contribution in [0.15, 0.2) is 52.1 Å².